The Labute approximate surface area is 119 Å². The maximum atomic E-state index is 4.05. The van der Waals surface area contributed by atoms with Crippen molar-refractivity contribution in [3.8, 4) is 0 Å². The Morgan fingerprint density at radius 1 is 0.737 bits per heavy atom. The van der Waals surface area contributed by atoms with Crippen molar-refractivity contribution in [3.63, 3.8) is 0 Å². The van der Waals surface area contributed by atoms with Crippen molar-refractivity contribution in [1.29, 1.82) is 0 Å². The predicted octanol–water partition coefficient (Wildman–Crippen LogP) is 4.82. The molecule has 2 fully saturated rings. The van der Waals surface area contributed by atoms with E-state index < -0.39 is 0 Å². The van der Waals surface area contributed by atoms with Crippen LogP contribution in [0, 0.1) is 11.8 Å². The molecule has 3 unspecified atom stereocenters. The van der Waals surface area contributed by atoms with E-state index in [1.807, 2.05) is 0 Å². The van der Waals surface area contributed by atoms with Gasteiger partial charge in [0.2, 0.25) is 0 Å². The lowest BCUT2D eigenvalue weighted by Crippen LogP contribution is -2.47. The average Bonchev–Trinajstić information content (AvgIpc) is 2.50. The van der Waals surface area contributed by atoms with Crippen molar-refractivity contribution in [2.75, 3.05) is 0 Å². The molecular formula is C18H31N. The lowest BCUT2D eigenvalue weighted by atomic mass is 9.70. The van der Waals surface area contributed by atoms with Crippen LogP contribution in [0.25, 0.3) is 0 Å². The van der Waals surface area contributed by atoms with Gasteiger partial charge in [-0.1, -0.05) is 57.1 Å². The Morgan fingerprint density at radius 2 is 1.53 bits per heavy atom. The SMILES string of the molecule is C1=CCC(NC2CCCCC2C2CCCCC2)CC1. The minimum atomic E-state index is 0.777. The topological polar surface area (TPSA) is 12.0 Å². The fraction of sp³-hybridized carbons (Fsp3) is 0.889. The number of nitrogens with one attached hydrogen (secondary N) is 1. The summed E-state index contributed by atoms with van der Waals surface area (Å²) in [6, 6.07) is 1.62. The smallest absolute Gasteiger partial charge is 0.0107 e. The summed E-state index contributed by atoms with van der Waals surface area (Å²) in [5.41, 5.74) is 0. The second-order valence-corrected chi connectivity index (χ2v) is 7.10. The van der Waals surface area contributed by atoms with Gasteiger partial charge in [0.1, 0.15) is 0 Å². The maximum absolute atomic E-state index is 4.05. The third-order valence-corrected chi connectivity index (χ3v) is 5.79. The minimum absolute atomic E-state index is 0.777. The van der Waals surface area contributed by atoms with Crippen LogP contribution in [-0.2, 0) is 0 Å². The summed E-state index contributed by atoms with van der Waals surface area (Å²) in [5.74, 6) is 2.05. The largest absolute Gasteiger partial charge is 0.311 e. The Kier molecular flexibility index (Phi) is 4.98. The molecule has 0 amide bonds. The number of hydrogen-bond donors (Lipinski definition) is 1. The van der Waals surface area contributed by atoms with Crippen LogP contribution in [0.2, 0.25) is 0 Å². The van der Waals surface area contributed by atoms with Gasteiger partial charge < -0.3 is 5.32 Å². The van der Waals surface area contributed by atoms with Crippen molar-refractivity contribution < 1.29 is 0 Å². The van der Waals surface area contributed by atoms with Crippen LogP contribution >= 0.6 is 0 Å². The first-order chi connectivity index (χ1) is 9.43. The molecule has 3 aliphatic rings. The summed E-state index contributed by atoms with van der Waals surface area (Å²) in [4.78, 5) is 0. The molecule has 1 N–H and O–H groups in total. The average molecular weight is 261 g/mol. The lowest BCUT2D eigenvalue weighted by molar-refractivity contribution is 0.140. The van der Waals surface area contributed by atoms with E-state index in [4.69, 9.17) is 0 Å². The van der Waals surface area contributed by atoms with Gasteiger partial charge in [-0.2, -0.15) is 0 Å². The van der Waals surface area contributed by atoms with Crippen molar-refractivity contribution in [1.82, 2.24) is 5.32 Å². The minimum Gasteiger partial charge on any atom is -0.311 e. The molecule has 3 aliphatic carbocycles. The van der Waals surface area contributed by atoms with E-state index >= 15 is 0 Å². The Balaban J connectivity index is 1.58. The molecule has 3 rings (SSSR count). The third-order valence-electron chi connectivity index (χ3n) is 5.79. The fourth-order valence-corrected chi connectivity index (χ4v) is 4.74. The standard InChI is InChI=1S/C18H31N/c1-3-9-15(10-4-1)17-13-7-8-14-18(17)19-16-11-5-2-6-12-16/h2,5,15-19H,1,3-4,6-14H2. The Bertz CT molecular complexity index is 290. The first kappa shape index (κ1) is 13.7. The van der Waals surface area contributed by atoms with E-state index in [0.717, 1.165) is 23.9 Å². The predicted molar refractivity (Wildman–Crippen MR) is 82.2 cm³/mol. The van der Waals surface area contributed by atoms with Gasteiger partial charge in [-0.05, 0) is 43.9 Å². The summed E-state index contributed by atoms with van der Waals surface area (Å²) in [7, 11) is 0. The van der Waals surface area contributed by atoms with E-state index in [2.05, 4.69) is 17.5 Å². The zero-order valence-electron chi connectivity index (χ0n) is 12.4. The molecule has 1 heteroatoms. The van der Waals surface area contributed by atoms with Gasteiger partial charge in [-0.25, -0.2) is 0 Å². The number of hydrogen-bond acceptors (Lipinski definition) is 1. The molecule has 0 aromatic rings. The first-order valence-corrected chi connectivity index (χ1v) is 8.84. The van der Waals surface area contributed by atoms with Crippen LogP contribution in [0.3, 0.4) is 0 Å². The van der Waals surface area contributed by atoms with Gasteiger partial charge in [0.15, 0.2) is 0 Å². The quantitative estimate of drug-likeness (QED) is 0.718. The Morgan fingerprint density at radius 3 is 2.32 bits per heavy atom. The Hall–Kier alpha value is -0.300. The second-order valence-electron chi connectivity index (χ2n) is 7.10. The van der Waals surface area contributed by atoms with Gasteiger partial charge >= 0.3 is 0 Å². The lowest BCUT2D eigenvalue weighted by Gasteiger charge is -2.41. The van der Waals surface area contributed by atoms with Crippen LogP contribution in [-0.4, -0.2) is 12.1 Å². The molecular weight excluding hydrogens is 230 g/mol. The van der Waals surface area contributed by atoms with E-state index in [0.29, 0.717) is 0 Å². The molecule has 19 heavy (non-hydrogen) atoms. The fourth-order valence-electron chi connectivity index (χ4n) is 4.74. The van der Waals surface area contributed by atoms with E-state index in [1.54, 1.807) is 0 Å². The summed E-state index contributed by atoms with van der Waals surface area (Å²) in [5, 5.41) is 4.05. The number of rotatable bonds is 3. The number of allylic oxidation sites excluding steroid dienone is 1. The van der Waals surface area contributed by atoms with Gasteiger partial charge in [-0.15, -0.1) is 0 Å². The molecule has 0 saturated heterocycles. The van der Waals surface area contributed by atoms with Crippen molar-refractivity contribution in [3.05, 3.63) is 12.2 Å². The highest BCUT2D eigenvalue weighted by molar-refractivity contribution is 4.96. The van der Waals surface area contributed by atoms with E-state index in [-0.39, 0.29) is 0 Å². The molecule has 0 aromatic carbocycles. The first-order valence-electron chi connectivity index (χ1n) is 8.84. The molecule has 0 spiro atoms. The third kappa shape index (κ3) is 3.62. The van der Waals surface area contributed by atoms with E-state index in [9.17, 15) is 0 Å². The molecule has 3 atom stereocenters. The van der Waals surface area contributed by atoms with Crippen molar-refractivity contribution >= 4 is 0 Å². The highest BCUT2D eigenvalue weighted by Crippen LogP contribution is 2.38. The van der Waals surface area contributed by atoms with Gasteiger partial charge in [-0.3, -0.25) is 0 Å². The summed E-state index contributed by atoms with van der Waals surface area (Å²) < 4.78 is 0. The normalized spacial score (nSPS) is 37.4. The second kappa shape index (κ2) is 6.92. The zero-order valence-corrected chi connectivity index (χ0v) is 12.4. The van der Waals surface area contributed by atoms with Gasteiger partial charge in [0.25, 0.3) is 0 Å². The summed E-state index contributed by atoms with van der Waals surface area (Å²) in [6.07, 6.45) is 22.1. The highest BCUT2D eigenvalue weighted by Gasteiger charge is 2.33. The molecule has 0 aliphatic heterocycles. The van der Waals surface area contributed by atoms with Gasteiger partial charge in [0, 0.05) is 12.1 Å². The van der Waals surface area contributed by atoms with Crippen LogP contribution in [0.15, 0.2) is 12.2 Å². The molecule has 0 bridgehead atoms. The monoisotopic (exact) mass is 261 g/mol. The van der Waals surface area contributed by atoms with Crippen LogP contribution in [0.5, 0.6) is 0 Å². The molecule has 0 radical (unpaired) electrons. The van der Waals surface area contributed by atoms with Crippen LogP contribution < -0.4 is 5.32 Å². The molecule has 0 aromatic heterocycles. The zero-order chi connectivity index (χ0) is 12.9. The maximum Gasteiger partial charge on any atom is 0.0107 e. The van der Waals surface area contributed by atoms with Crippen molar-refractivity contribution in [2.45, 2.75) is 89.1 Å². The molecule has 108 valence electrons. The molecule has 1 nitrogen and oxygen atoms in total. The summed E-state index contributed by atoms with van der Waals surface area (Å²) >= 11 is 0. The van der Waals surface area contributed by atoms with Crippen LogP contribution in [0.1, 0.15) is 77.0 Å². The highest BCUT2D eigenvalue weighted by atomic mass is 15.0. The molecule has 2 saturated carbocycles. The summed E-state index contributed by atoms with van der Waals surface area (Å²) in [6.45, 7) is 0. The van der Waals surface area contributed by atoms with E-state index in [1.165, 1.54) is 77.0 Å². The van der Waals surface area contributed by atoms with Crippen molar-refractivity contribution in [2.24, 2.45) is 11.8 Å². The molecule has 0 heterocycles. The van der Waals surface area contributed by atoms with Gasteiger partial charge in [0.05, 0.1) is 0 Å². The van der Waals surface area contributed by atoms with Crippen LogP contribution in [0.4, 0.5) is 0 Å².